The molecule has 0 spiro atoms. The van der Waals surface area contributed by atoms with Crippen molar-refractivity contribution < 1.29 is 22.7 Å². The fourth-order valence-corrected chi connectivity index (χ4v) is 2.96. The van der Waals surface area contributed by atoms with Crippen LogP contribution in [0, 0.1) is 0 Å². The van der Waals surface area contributed by atoms with Crippen LogP contribution in [0.5, 0.6) is 5.75 Å². The van der Waals surface area contributed by atoms with E-state index in [1.807, 2.05) is 0 Å². The van der Waals surface area contributed by atoms with Gasteiger partial charge >= 0.3 is 6.36 Å². The highest BCUT2D eigenvalue weighted by molar-refractivity contribution is 5.92. The maximum Gasteiger partial charge on any atom is 0.573 e. The van der Waals surface area contributed by atoms with E-state index in [1.54, 1.807) is 18.2 Å². The van der Waals surface area contributed by atoms with Crippen LogP contribution >= 0.6 is 0 Å². The van der Waals surface area contributed by atoms with E-state index in [2.05, 4.69) is 20.3 Å². The zero-order valence-corrected chi connectivity index (χ0v) is 13.2. The van der Waals surface area contributed by atoms with Crippen molar-refractivity contribution in [1.82, 2.24) is 15.5 Å². The van der Waals surface area contributed by atoms with Crippen molar-refractivity contribution in [2.45, 2.75) is 31.0 Å². The van der Waals surface area contributed by atoms with E-state index >= 15 is 0 Å². The molecule has 1 aromatic carbocycles. The zero-order chi connectivity index (χ0) is 17.9. The Bertz CT molecular complexity index is 746. The third-order valence-corrected chi connectivity index (χ3v) is 4.38. The monoisotopic (exact) mass is 351 g/mol. The summed E-state index contributed by atoms with van der Waals surface area (Å²) in [5.74, 6) is -0.612. The minimum absolute atomic E-state index is 0.200. The Labute approximate surface area is 142 Å². The van der Waals surface area contributed by atoms with Crippen LogP contribution in [0.1, 0.15) is 35.3 Å². The molecule has 2 aromatic rings. The van der Waals surface area contributed by atoms with E-state index in [0.717, 1.165) is 24.8 Å². The van der Waals surface area contributed by atoms with Crippen molar-refractivity contribution >= 4 is 5.91 Å². The van der Waals surface area contributed by atoms with Crippen molar-refractivity contribution in [1.29, 1.82) is 0 Å². The van der Waals surface area contributed by atoms with Crippen LogP contribution in [0.3, 0.4) is 0 Å². The predicted octanol–water partition coefficient (Wildman–Crippen LogP) is 3.23. The fraction of sp³-hybridized carbons (Fsp3) is 0.353. The molecule has 0 unspecified atom stereocenters. The van der Waals surface area contributed by atoms with Crippen LogP contribution in [0.25, 0.3) is 0 Å². The van der Waals surface area contributed by atoms with Gasteiger partial charge in [-0.25, -0.2) is 0 Å². The highest BCUT2D eigenvalue weighted by Gasteiger charge is 2.40. The van der Waals surface area contributed by atoms with E-state index < -0.39 is 6.36 Å². The number of carbonyl (C=O) groups excluding carboxylic acids is 1. The number of benzene rings is 1. The Morgan fingerprint density at radius 1 is 1.24 bits per heavy atom. The van der Waals surface area contributed by atoms with Gasteiger partial charge in [-0.15, -0.1) is 18.3 Å². The van der Waals surface area contributed by atoms with Gasteiger partial charge in [-0.05, 0) is 42.7 Å². The second-order valence-electron chi connectivity index (χ2n) is 6.00. The van der Waals surface area contributed by atoms with Crippen LogP contribution in [0.15, 0.2) is 42.6 Å². The van der Waals surface area contributed by atoms with E-state index in [9.17, 15) is 18.0 Å². The second-order valence-corrected chi connectivity index (χ2v) is 6.00. The Balaban J connectivity index is 1.73. The van der Waals surface area contributed by atoms with Gasteiger partial charge in [0.25, 0.3) is 5.91 Å². The van der Waals surface area contributed by atoms with Crippen LogP contribution in [0.4, 0.5) is 13.2 Å². The highest BCUT2D eigenvalue weighted by atomic mass is 19.4. The van der Waals surface area contributed by atoms with Crippen molar-refractivity contribution in [3.8, 4) is 5.75 Å². The largest absolute Gasteiger partial charge is 0.573 e. The SMILES string of the molecule is O=C(NCC1(c2cccc(OC(F)(F)F)c2)CCC1)c1cccnn1. The smallest absolute Gasteiger partial charge is 0.406 e. The van der Waals surface area contributed by atoms with Gasteiger partial charge in [-0.2, -0.15) is 5.10 Å². The molecule has 3 rings (SSSR count). The van der Waals surface area contributed by atoms with E-state index in [0.29, 0.717) is 6.54 Å². The molecule has 0 bridgehead atoms. The summed E-state index contributed by atoms with van der Waals surface area (Å²) in [7, 11) is 0. The van der Waals surface area contributed by atoms with Crippen molar-refractivity contribution in [2.24, 2.45) is 0 Å². The molecule has 25 heavy (non-hydrogen) atoms. The average Bonchev–Trinajstić information content (AvgIpc) is 2.53. The number of alkyl halides is 3. The highest BCUT2D eigenvalue weighted by Crippen LogP contribution is 2.44. The van der Waals surface area contributed by atoms with E-state index in [4.69, 9.17) is 0 Å². The zero-order valence-electron chi connectivity index (χ0n) is 13.2. The third kappa shape index (κ3) is 4.07. The maximum atomic E-state index is 12.4. The summed E-state index contributed by atoms with van der Waals surface area (Å²) in [5, 5.41) is 10.2. The first-order valence-corrected chi connectivity index (χ1v) is 7.80. The molecule has 5 nitrogen and oxygen atoms in total. The Morgan fingerprint density at radius 3 is 2.64 bits per heavy atom. The van der Waals surface area contributed by atoms with Gasteiger partial charge in [0.2, 0.25) is 0 Å². The summed E-state index contributed by atoms with van der Waals surface area (Å²) in [6.07, 6.45) is -0.750. The molecule has 1 N–H and O–H groups in total. The van der Waals surface area contributed by atoms with Gasteiger partial charge < -0.3 is 10.1 Å². The minimum Gasteiger partial charge on any atom is -0.406 e. The lowest BCUT2D eigenvalue weighted by molar-refractivity contribution is -0.274. The van der Waals surface area contributed by atoms with Crippen LogP contribution in [-0.2, 0) is 5.41 Å². The number of halogens is 3. The molecule has 0 saturated heterocycles. The number of hydrogen-bond acceptors (Lipinski definition) is 4. The second kappa shape index (κ2) is 6.70. The predicted molar refractivity (Wildman–Crippen MR) is 83.0 cm³/mol. The molecular weight excluding hydrogens is 335 g/mol. The number of amides is 1. The number of hydrogen-bond donors (Lipinski definition) is 1. The lowest BCUT2D eigenvalue weighted by Crippen LogP contribution is -2.45. The van der Waals surface area contributed by atoms with Crippen molar-refractivity contribution in [3.05, 3.63) is 53.9 Å². The van der Waals surface area contributed by atoms with Gasteiger partial charge in [0.05, 0.1) is 0 Å². The van der Waals surface area contributed by atoms with Crippen LogP contribution in [-0.4, -0.2) is 29.0 Å². The third-order valence-electron chi connectivity index (χ3n) is 4.38. The molecule has 1 amide bonds. The molecule has 1 aliphatic rings. The van der Waals surface area contributed by atoms with Gasteiger partial charge in [0, 0.05) is 18.2 Å². The molecule has 8 heteroatoms. The summed E-state index contributed by atoms with van der Waals surface area (Å²) in [6.45, 7) is 0.317. The fourth-order valence-electron chi connectivity index (χ4n) is 2.96. The summed E-state index contributed by atoms with van der Waals surface area (Å²) in [4.78, 5) is 12.1. The van der Waals surface area contributed by atoms with Crippen molar-refractivity contribution in [3.63, 3.8) is 0 Å². The molecule has 0 aliphatic heterocycles. The molecule has 132 valence electrons. The number of nitrogens with one attached hydrogen (secondary N) is 1. The summed E-state index contributed by atoms with van der Waals surface area (Å²) >= 11 is 0. The Hall–Kier alpha value is -2.64. The van der Waals surface area contributed by atoms with Crippen molar-refractivity contribution in [2.75, 3.05) is 6.54 Å². The van der Waals surface area contributed by atoms with Gasteiger partial charge in [0.1, 0.15) is 5.75 Å². The molecule has 1 fully saturated rings. The summed E-state index contributed by atoms with van der Waals surface area (Å²) < 4.78 is 41.2. The first-order chi connectivity index (χ1) is 11.9. The molecule has 1 aromatic heterocycles. The maximum absolute atomic E-state index is 12.4. The number of aromatic nitrogens is 2. The molecular formula is C17H16F3N3O2. The number of ether oxygens (including phenoxy) is 1. The van der Waals surface area contributed by atoms with Crippen LogP contribution in [0.2, 0.25) is 0 Å². The minimum atomic E-state index is -4.73. The summed E-state index contributed by atoms with van der Waals surface area (Å²) in [6, 6.07) is 9.10. The first kappa shape index (κ1) is 17.2. The van der Waals surface area contributed by atoms with Gasteiger partial charge in [-0.1, -0.05) is 18.6 Å². The summed E-state index contributed by atoms with van der Waals surface area (Å²) in [5.41, 5.74) is 0.536. The molecule has 1 aliphatic carbocycles. The lowest BCUT2D eigenvalue weighted by Gasteiger charge is -2.42. The number of nitrogens with zero attached hydrogens (tertiary/aromatic N) is 2. The Morgan fingerprint density at radius 2 is 2.04 bits per heavy atom. The van der Waals surface area contributed by atoms with E-state index in [-0.39, 0.29) is 22.8 Å². The molecule has 1 heterocycles. The number of carbonyl (C=O) groups is 1. The van der Waals surface area contributed by atoms with Crippen LogP contribution < -0.4 is 10.1 Å². The first-order valence-electron chi connectivity index (χ1n) is 7.80. The molecule has 0 radical (unpaired) electrons. The quantitative estimate of drug-likeness (QED) is 0.898. The van der Waals surface area contributed by atoms with Gasteiger partial charge in [0.15, 0.2) is 5.69 Å². The topological polar surface area (TPSA) is 64.1 Å². The van der Waals surface area contributed by atoms with Gasteiger partial charge in [-0.3, -0.25) is 4.79 Å². The lowest BCUT2D eigenvalue weighted by atomic mass is 9.64. The molecule has 0 atom stereocenters. The average molecular weight is 351 g/mol. The van der Waals surface area contributed by atoms with E-state index in [1.165, 1.54) is 24.4 Å². The normalized spacial score (nSPS) is 16.0. The standard InChI is InChI=1S/C17H16F3N3O2/c18-17(19,20)25-13-5-1-4-12(10-13)16(7-3-8-16)11-21-15(24)14-6-2-9-22-23-14/h1-2,4-6,9-10H,3,7-8,11H2,(H,21,24). The Kier molecular flexibility index (Phi) is 4.61. The molecule has 1 saturated carbocycles. The number of rotatable bonds is 5.